The highest BCUT2D eigenvalue weighted by molar-refractivity contribution is 5.67. The van der Waals surface area contributed by atoms with E-state index in [4.69, 9.17) is 10.5 Å². The summed E-state index contributed by atoms with van der Waals surface area (Å²) in [5.74, 6) is 0.0770. The van der Waals surface area contributed by atoms with Gasteiger partial charge in [-0.15, -0.1) is 0 Å². The molecule has 1 heterocycles. The topological polar surface area (TPSA) is 50.5 Å². The third-order valence-electron chi connectivity index (χ3n) is 2.95. The Balaban J connectivity index is 2.25. The average molecular weight is 275 g/mol. The fourth-order valence-electron chi connectivity index (χ4n) is 2.00. The van der Waals surface area contributed by atoms with Crippen molar-refractivity contribution >= 4 is 11.4 Å². The number of nitrogens with zero attached hydrogens (tertiary/aromatic N) is 1. The summed E-state index contributed by atoms with van der Waals surface area (Å²) in [4.78, 5) is 2.01. The summed E-state index contributed by atoms with van der Waals surface area (Å²) in [7, 11) is 1.92. The highest BCUT2D eigenvalue weighted by atomic mass is 19.4. The van der Waals surface area contributed by atoms with Crippen LogP contribution in [0.2, 0.25) is 0 Å². The number of halogens is 3. The van der Waals surface area contributed by atoms with E-state index in [1.54, 1.807) is 12.1 Å². The molecule has 1 aromatic rings. The third-order valence-corrected chi connectivity index (χ3v) is 2.95. The van der Waals surface area contributed by atoms with Crippen molar-refractivity contribution in [3.05, 3.63) is 17.7 Å². The highest BCUT2D eigenvalue weighted by Gasteiger charge is 2.29. The highest BCUT2D eigenvalue weighted by Crippen LogP contribution is 2.33. The van der Waals surface area contributed by atoms with Crippen molar-refractivity contribution < 1.29 is 17.9 Å². The standard InChI is InChI=1S/C12H16F3N3O/c1-18-3-2-17-6-8-4-11(9(16)5-10(8)18)19-7-12(13,14)15/h4-5,17H,2-3,6-7,16H2,1H3. The van der Waals surface area contributed by atoms with E-state index in [1.165, 1.54) is 0 Å². The quantitative estimate of drug-likeness (QED) is 0.807. The molecule has 0 saturated carbocycles. The van der Waals surface area contributed by atoms with Gasteiger partial charge in [0.15, 0.2) is 6.61 Å². The van der Waals surface area contributed by atoms with E-state index in [1.807, 2.05) is 11.9 Å². The van der Waals surface area contributed by atoms with Crippen LogP contribution in [-0.4, -0.2) is 32.9 Å². The largest absolute Gasteiger partial charge is 0.482 e. The molecule has 0 atom stereocenters. The Labute approximate surface area is 109 Å². The molecule has 1 aliphatic heterocycles. The van der Waals surface area contributed by atoms with Crippen molar-refractivity contribution in [2.45, 2.75) is 12.7 Å². The molecule has 1 aromatic carbocycles. The van der Waals surface area contributed by atoms with Crippen molar-refractivity contribution in [1.82, 2.24) is 5.32 Å². The molecular formula is C12H16F3N3O. The molecule has 0 radical (unpaired) electrons. The zero-order valence-electron chi connectivity index (χ0n) is 10.5. The number of nitrogens with two attached hydrogens (primary N) is 1. The number of hydrogen-bond acceptors (Lipinski definition) is 4. The normalized spacial score (nSPS) is 15.9. The van der Waals surface area contributed by atoms with E-state index in [0.29, 0.717) is 6.54 Å². The molecule has 0 aliphatic carbocycles. The fraction of sp³-hybridized carbons (Fsp3) is 0.500. The number of rotatable bonds is 2. The molecule has 3 N–H and O–H groups in total. The SMILES string of the molecule is CN1CCNCc2cc(OCC(F)(F)F)c(N)cc21. The second-order valence-electron chi connectivity index (χ2n) is 4.52. The number of nitrogen functional groups attached to an aromatic ring is 1. The minimum Gasteiger partial charge on any atom is -0.482 e. The lowest BCUT2D eigenvalue weighted by molar-refractivity contribution is -0.153. The van der Waals surface area contributed by atoms with Gasteiger partial charge in [0.1, 0.15) is 5.75 Å². The molecule has 0 unspecified atom stereocenters. The van der Waals surface area contributed by atoms with Gasteiger partial charge in [-0.05, 0) is 17.7 Å². The zero-order valence-corrected chi connectivity index (χ0v) is 10.5. The van der Waals surface area contributed by atoms with Crippen molar-refractivity contribution in [3.63, 3.8) is 0 Å². The van der Waals surface area contributed by atoms with Crippen LogP contribution in [0, 0.1) is 0 Å². The Hall–Kier alpha value is -1.63. The molecule has 2 rings (SSSR count). The van der Waals surface area contributed by atoms with Crippen LogP contribution in [0.4, 0.5) is 24.5 Å². The van der Waals surface area contributed by atoms with Crippen molar-refractivity contribution in [2.24, 2.45) is 0 Å². The van der Waals surface area contributed by atoms with Crippen LogP contribution in [0.5, 0.6) is 5.75 Å². The van der Waals surface area contributed by atoms with Crippen molar-refractivity contribution in [1.29, 1.82) is 0 Å². The maximum atomic E-state index is 12.2. The van der Waals surface area contributed by atoms with Crippen LogP contribution >= 0.6 is 0 Å². The van der Waals surface area contributed by atoms with Gasteiger partial charge < -0.3 is 20.7 Å². The first kappa shape index (κ1) is 13.8. The first-order chi connectivity index (χ1) is 8.87. The summed E-state index contributed by atoms with van der Waals surface area (Å²) in [6, 6.07) is 3.24. The number of likely N-dealkylation sites (N-methyl/N-ethyl adjacent to an activating group) is 1. The van der Waals surface area contributed by atoms with E-state index in [9.17, 15) is 13.2 Å². The van der Waals surface area contributed by atoms with Gasteiger partial charge >= 0.3 is 6.18 Å². The molecule has 0 fully saturated rings. The molecule has 106 valence electrons. The minimum atomic E-state index is -4.37. The van der Waals surface area contributed by atoms with Crippen LogP contribution in [0.25, 0.3) is 0 Å². The summed E-state index contributed by atoms with van der Waals surface area (Å²) < 4.78 is 41.2. The Morgan fingerprint density at radius 3 is 2.84 bits per heavy atom. The number of alkyl halides is 3. The predicted octanol–water partition coefficient (Wildman–Crippen LogP) is 1.75. The number of hydrogen-bond donors (Lipinski definition) is 2. The Bertz CT molecular complexity index is 462. The summed E-state index contributed by atoms with van der Waals surface area (Å²) in [5, 5.41) is 3.19. The van der Waals surface area contributed by atoms with E-state index >= 15 is 0 Å². The van der Waals surface area contributed by atoms with Crippen LogP contribution < -0.4 is 20.7 Å². The van der Waals surface area contributed by atoms with Gasteiger partial charge in [-0.1, -0.05) is 0 Å². The van der Waals surface area contributed by atoms with E-state index < -0.39 is 12.8 Å². The summed E-state index contributed by atoms with van der Waals surface area (Å²) >= 11 is 0. The molecule has 4 nitrogen and oxygen atoms in total. The summed E-state index contributed by atoms with van der Waals surface area (Å²) in [5.41, 5.74) is 7.77. The molecule has 19 heavy (non-hydrogen) atoms. The fourth-order valence-corrected chi connectivity index (χ4v) is 2.00. The average Bonchev–Trinajstić information content (AvgIpc) is 2.48. The number of nitrogens with one attached hydrogen (secondary N) is 1. The first-order valence-electron chi connectivity index (χ1n) is 5.90. The molecule has 0 saturated heterocycles. The zero-order chi connectivity index (χ0) is 14.0. The van der Waals surface area contributed by atoms with Gasteiger partial charge in [-0.2, -0.15) is 13.2 Å². The van der Waals surface area contributed by atoms with Crippen LogP contribution in [0.15, 0.2) is 12.1 Å². The lowest BCUT2D eigenvalue weighted by atomic mass is 10.1. The Morgan fingerprint density at radius 1 is 1.42 bits per heavy atom. The van der Waals surface area contributed by atoms with Gasteiger partial charge in [0.2, 0.25) is 0 Å². The number of anilines is 2. The minimum absolute atomic E-state index is 0.0770. The number of fused-ring (bicyclic) bond motifs is 1. The second kappa shape index (κ2) is 5.16. The van der Waals surface area contributed by atoms with Gasteiger partial charge in [-0.25, -0.2) is 0 Å². The second-order valence-corrected chi connectivity index (χ2v) is 4.52. The van der Waals surface area contributed by atoms with Crippen molar-refractivity contribution in [2.75, 3.05) is 37.4 Å². The lowest BCUT2D eigenvalue weighted by Crippen LogP contribution is -2.24. The van der Waals surface area contributed by atoms with E-state index in [-0.39, 0.29) is 11.4 Å². The maximum Gasteiger partial charge on any atom is 0.422 e. The monoisotopic (exact) mass is 275 g/mol. The van der Waals surface area contributed by atoms with E-state index in [0.717, 1.165) is 24.3 Å². The molecule has 0 bridgehead atoms. The molecule has 0 aromatic heterocycles. The first-order valence-corrected chi connectivity index (χ1v) is 5.90. The maximum absolute atomic E-state index is 12.2. The molecule has 1 aliphatic rings. The molecule has 7 heteroatoms. The third kappa shape index (κ3) is 3.44. The predicted molar refractivity (Wildman–Crippen MR) is 67.4 cm³/mol. The van der Waals surface area contributed by atoms with Crippen LogP contribution in [-0.2, 0) is 6.54 Å². The number of ether oxygens (including phenoxy) is 1. The van der Waals surface area contributed by atoms with Crippen LogP contribution in [0.3, 0.4) is 0 Å². The lowest BCUT2D eigenvalue weighted by Gasteiger charge is -2.21. The summed E-state index contributed by atoms with van der Waals surface area (Å²) in [6.07, 6.45) is -4.37. The Morgan fingerprint density at radius 2 is 2.16 bits per heavy atom. The van der Waals surface area contributed by atoms with Gasteiger partial charge in [0, 0.05) is 32.4 Å². The van der Waals surface area contributed by atoms with Crippen LogP contribution in [0.1, 0.15) is 5.56 Å². The van der Waals surface area contributed by atoms with E-state index in [2.05, 4.69) is 5.32 Å². The van der Waals surface area contributed by atoms with Gasteiger partial charge in [-0.3, -0.25) is 0 Å². The smallest absolute Gasteiger partial charge is 0.422 e. The molecule has 0 spiro atoms. The van der Waals surface area contributed by atoms with Crippen molar-refractivity contribution in [3.8, 4) is 5.75 Å². The van der Waals surface area contributed by atoms with Gasteiger partial charge in [0.25, 0.3) is 0 Å². The molecular weight excluding hydrogens is 259 g/mol. The Kier molecular flexibility index (Phi) is 3.75. The van der Waals surface area contributed by atoms with Gasteiger partial charge in [0.05, 0.1) is 5.69 Å². The summed E-state index contributed by atoms with van der Waals surface area (Å²) in [6.45, 7) is 0.876. The molecule has 0 amide bonds. The number of benzene rings is 1.